The van der Waals surface area contributed by atoms with Crippen molar-refractivity contribution in [2.24, 2.45) is 5.92 Å². The molecule has 1 atom stereocenters. The standard InChI is InChI=1S/C20H23FN2O3/c1-26-19-9-7-14(12-22-19)20(15-10-16(24)11-15)23-18(25)8-6-13-4-2-3-5-17(13)21/h2-5,7,9,12,15-16,20,24H,6,8,10-11H2,1H3,(H,23,25)/t15?,16?,20-/m0/s1. The predicted octanol–water partition coefficient (Wildman–Crippen LogP) is 2.79. The van der Waals surface area contributed by atoms with Crippen LogP contribution in [0.25, 0.3) is 0 Å². The molecule has 2 aromatic rings. The van der Waals surface area contributed by atoms with Gasteiger partial charge in [0.05, 0.1) is 19.3 Å². The SMILES string of the molecule is COc1ccc([C@H](NC(=O)CCc2ccccc2F)C2CC(O)C2)cn1. The molecule has 0 radical (unpaired) electrons. The maximum absolute atomic E-state index is 13.7. The molecule has 0 saturated heterocycles. The molecule has 138 valence electrons. The third-order valence-corrected chi connectivity index (χ3v) is 4.84. The fourth-order valence-electron chi connectivity index (χ4n) is 3.27. The molecule has 1 heterocycles. The third kappa shape index (κ3) is 4.38. The van der Waals surface area contributed by atoms with Crippen molar-refractivity contribution in [1.82, 2.24) is 10.3 Å². The molecule has 0 unspecified atom stereocenters. The van der Waals surface area contributed by atoms with Crippen molar-refractivity contribution in [3.05, 3.63) is 59.5 Å². The summed E-state index contributed by atoms with van der Waals surface area (Å²) in [5, 5.41) is 12.7. The predicted molar refractivity (Wildman–Crippen MR) is 95.1 cm³/mol. The maximum Gasteiger partial charge on any atom is 0.220 e. The molecule has 5 nitrogen and oxygen atoms in total. The molecule has 6 heteroatoms. The van der Waals surface area contributed by atoms with E-state index >= 15 is 0 Å². The topological polar surface area (TPSA) is 71.5 Å². The molecular formula is C20H23FN2O3. The highest BCUT2D eigenvalue weighted by molar-refractivity contribution is 5.76. The van der Waals surface area contributed by atoms with Crippen molar-refractivity contribution in [2.45, 2.75) is 37.8 Å². The number of halogens is 1. The zero-order chi connectivity index (χ0) is 18.5. The first-order valence-electron chi connectivity index (χ1n) is 8.77. The average molecular weight is 358 g/mol. The van der Waals surface area contributed by atoms with Crippen LogP contribution in [-0.4, -0.2) is 29.2 Å². The highest BCUT2D eigenvalue weighted by Gasteiger charge is 2.35. The summed E-state index contributed by atoms with van der Waals surface area (Å²) in [5.74, 6) is 0.235. The van der Waals surface area contributed by atoms with Gasteiger partial charge >= 0.3 is 0 Å². The Morgan fingerprint density at radius 2 is 2.12 bits per heavy atom. The minimum Gasteiger partial charge on any atom is -0.481 e. The van der Waals surface area contributed by atoms with Crippen LogP contribution in [0.1, 0.15) is 36.4 Å². The minimum atomic E-state index is -0.316. The number of nitrogens with zero attached hydrogens (tertiary/aromatic N) is 1. The number of hydrogen-bond acceptors (Lipinski definition) is 4. The molecule has 0 aliphatic heterocycles. The van der Waals surface area contributed by atoms with E-state index in [1.54, 1.807) is 37.6 Å². The monoisotopic (exact) mass is 358 g/mol. The van der Waals surface area contributed by atoms with Crippen molar-refractivity contribution in [2.75, 3.05) is 7.11 Å². The highest BCUT2D eigenvalue weighted by Crippen LogP contribution is 2.38. The smallest absolute Gasteiger partial charge is 0.220 e. The van der Waals surface area contributed by atoms with Crippen LogP contribution in [0.5, 0.6) is 5.88 Å². The molecule has 1 saturated carbocycles. The van der Waals surface area contributed by atoms with E-state index in [2.05, 4.69) is 10.3 Å². The summed E-state index contributed by atoms with van der Waals surface area (Å²) >= 11 is 0. The summed E-state index contributed by atoms with van der Waals surface area (Å²) in [4.78, 5) is 16.6. The number of benzene rings is 1. The fourth-order valence-corrected chi connectivity index (χ4v) is 3.27. The van der Waals surface area contributed by atoms with Gasteiger partial charge in [-0.2, -0.15) is 0 Å². The summed E-state index contributed by atoms with van der Waals surface area (Å²) in [7, 11) is 1.55. The Hall–Kier alpha value is -2.47. The van der Waals surface area contributed by atoms with Gasteiger partial charge in [-0.3, -0.25) is 4.79 Å². The Kier molecular flexibility index (Phi) is 5.83. The van der Waals surface area contributed by atoms with Gasteiger partial charge in [0.2, 0.25) is 11.8 Å². The molecule has 2 N–H and O–H groups in total. The number of carbonyl (C=O) groups excluding carboxylic acids is 1. The van der Waals surface area contributed by atoms with Gasteiger partial charge in [-0.1, -0.05) is 24.3 Å². The maximum atomic E-state index is 13.7. The van der Waals surface area contributed by atoms with E-state index in [9.17, 15) is 14.3 Å². The second-order valence-corrected chi connectivity index (χ2v) is 6.66. The number of hydrogen-bond donors (Lipinski definition) is 2. The van der Waals surface area contributed by atoms with E-state index in [1.807, 2.05) is 6.07 Å². The largest absolute Gasteiger partial charge is 0.481 e. The second kappa shape index (κ2) is 8.27. The summed E-state index contributed by atoms with van der Waals surface area (Å²) in [6, 6.07) is 9.89. The lowest BCUT2D eigenvalue weighted by molar-refractivity contribution is -0.123. The van der Waals surface area contributed by atoms with E-state index in [0.29, 0.717) is 30.7 Å². The van der Waals surface area contributed by atoms with Crippen molar-refractivity contribution >= 4 is 5.91 Å². The first-order valence-corrected chi connectivity index (χ1v) is 8.77. The lowest BCUT2D eigenvalue weighted by Crippen LogP contribution is -2.41. The molecule has 1 aromatic heterocycles. The number of aliphatic hydroxyl groups excluding tert-OH is 1. The summed E-state index contributed by atoms with van der Waals surface area (Å²) in [6.07, 6.45) is 3.21. The molecule has 1 aliphatic rings. The van der Waals surface area contributed by atoms with Crippen molar-refractivity contribution in [3.63, 3.8) is 0 Å². The zero-order valence-electron chi connectivity index (χ0n) is 14.7. The number of ether oxygens (including phenoxy) is 1. The summed E-state index contributed by atoms with van der Waals surface area (Å²) in [5.41, 5.74) is 1.41. The fraction of sp³-hybridized carbons (Fsp3) is 0.400. The van der Waals surface area contributed by atoms with Crippen LogP contribution in [0.15, 0.2) is 42.6 Å². The molecule has 0 bridgehead atoms. The molecule has 1 amide bonds. The van der Waals surface area contributed by atoms with Crippen LogP contribution in [0.2, 0.25) is 0 Å². The number of methoxy groups -OCH3 is 1. The summed E-state index contributed by atoms with van der Waals surface area (Å²) < 4.78 is 18.8. The van der Waals surface area contributed by atoms with Crippen LogP contribution >= 0.6 is 0 Å². The van der Waals surface area contributed by atoms with E-state index in [-0.39, 0.29) is 36.2 Å². The van der Waals surface area contributed by atoms with Gasteiger partial charge in [-0.05, 0) is 42.4 Å². The summed E-state index contributed by atoms with van der Waals surface area (Å²) in [6.45, 7) is 0. The number of aromatic nitrogens is 1. The lowest BCUT2D eigenvalue weighted by Gasteiger charge is -2.38. The van der Waals surface area contributed by atoms with Crippen molar-refractivity contribution in [3.8, 4) is 5.88 Å². The number of aryl methyl sites for hydroxylation is 1. The molecule has 3 rings (SSSR count). The van der Waals surface area contributed by atoms with Gasteiger partial charge in [0.1, 0.15) is 5.82 Å². The van der Waals surface area contributed by atoms with Crippen LogP contribution in [0.3, 0.4) is 0 Å². The molecule has 26 heavy (non-hydrogen) atoms. The van der Waals surface area contributed by atoms with E-state index < -0.39 is 0 Å². The Morgan fingerprint density at radius 1 is 1.35 bits per heavy atom. The zero-order valence-corrected chi connectivity index (χ0v) is 14.7. The van der Waals surface area contributed by atoms with Crippen LogP contribution in [0, 0.1) is 11.7 Å². The average Bonchev–Trinajstić information content (AvgIpc) is 2.63. The first kappa shape index (κ1) is 18.3. The Balaban J connectivity index is 1.65. The highest BCUT2D eigenvalue weighted by atomic mass is 19.1. The van der Waals surface area contributed by atoms with Gasteiger partial charge in [-0.25, -0.2) is 9.37 Å². The number of rotatable bonds is 7. The van der Waals surface area contributed by atoms with E-state index in [1.165, 1.54) is 6.07 Å². The molecule has 1 fully saturated rings. The van der Waals surface area contributed by atoms with Gasteiger partial charge in [0, 0.05) is 18.7 Å². The number of amides is 1. The van der Waals surface area contributed by atoms with E-state index in [4.69, 9.17) is 4.74 Å². The van der Waals surface area contributed by atoms with Gasteiger partial charge < -0.3 is 15.2 Å². The second-order valence-electron chi connectivity index (χ2n) is 6.66. The quantitative estimate of drug-likeness (QED) is 0.798. The van der Waals surface area contributed by atoms with Crippen molar-refractivity contribution < 1.29 is 19.0 Å². The first-order chi connectivity index (χ1) is 12.6. The van der Waals surface area contributed by atoms with Crippen LogP contribution < -0.4 is 10.1 Å². The van der Waals surface area contributed by atoms with Gasteiger partial charge in [-0.15, -0.1) is 0 Å². The molecule has 0 spiro atoms. The Bertz CT molecular complexity index is 745. The van der Waals surface area contributed by atoms with Gasteiger partial charge in [0.15, 0.2) is 0 Å². The lowest BCUT2D eigenvalue weighted by atomic mass is 9.75. The Morgan fingerprint density at radius 3 is 2.73 bits per heavy atom. The number of aliphatic hydroxyl groups is 1. The minimum absolute atomic E-state index is 0.143. The van der Waals surface area contributed by atoms with Crippen LogP contribution in [-0.2, 0) is 11.2 Å². The number of carbonyl (C=O) groups is 1. The van der Waals surface area contributed by atoms with Gasteiger partial charge in [0.25, 0.3) is 0 Å². The molecule has 1 aromatic carbocycles. The molecule has 1 aliphatic carbocycles. The van der Waals surface area contributed by atoms with Crippen molar-refractivity contribution in [1.29, 1.82) is 0 Å². The Labute approximate surface area is 152 Å². The molecular weight excluding hydrogens is 335 g/mol. The number of pyridine rings is 1. The third-order valence-electron chi connectivity index (χ3n) is 4.84. The van der Waals surface area contributed by atoms with Crippen LogP contribution in [0.4, 0.5) is 4.39 Å². The number of nitrogens with one attached hydrogen (secondary N) is 1. The van der Waals surface area contributed by atoms with E-state index in [0.717, 1.165) is 5.56 Å². The normalized spacial score (nSPS) is 20.1.